The number of carbonyl (C=O) groups is 1. The molecule has 0 bridgehead atoms. The third-order valence-corrected chi connectivity index (χ3v) is 2.45. The second kappa shape index (κ2) is 5.31. The first kappa shape index (κ1) is 12.1. The highest BCUT2D eigenvalue weighted by molar-refractivity contribution is 5.70. The van der Waals surface area contributed by atoms with E-state index in [1.807, 2.05) is 36.4 Å². The van der Waals surface area contributed by atoms with Crippen LogP contribution in [0, 0.1) is 6.92 Å². The number of carboxylic acids is 1. The third-order valence-electron chi connectivity index (χ3n) is 2.45. The third kappa shape index (κ3) is 3.07. The minimum Gasteiger partial charge on any atom is -0.481 e. The molecule has 0 saturated heterocycles. The van der Waals surface area contributed by atoms with E-state index in [9.17, 15) is 4.79 Å². The van der Waals surface area contributed by atoms with Crippen LogP contribution < -0.4 is 0 Å². The van der Waals surface area contributed by atoms with Gasteiger partial charge in [-0.05, 0) is 18.6 Å². The maximum atomic E-state index is 10.6. The van der Waals surface area contributed by atoms with E-state index in [1.165, 1.54) is 0 Å². The first-order valence-corrected chi connectivity index (χ1v) is 5.56. The number of carboxylic acid groups (broad SMARTS) is 1. The highest BCUT2D eigenvalue weighted by atomic mass is 16.4. The van der Waals surface area contributed by atoms with Gasteiger partial charge in [-0.3, -0.25) is 4.79 Å². The van der Waals surface area contributed by atoms with Gasteiger partial charge in [0.05, 0.1) is 12.1 Å². The van der Waals surface area contributed by atoms with Gasteiger partial charge in [-0.2, -0.15) is 0 Å². The van der Waals surface area contributed by atoms with E-state index in [-0.39, 0.29) is 6.42 Å². The zero-order chi connectivity index (χ0) is 13.0. The molecule has 92 valence electrons. The van der Waals surface area contributed by atoms with Gasteiger partial charge in [0.15, 0.2) is 0 Å². The van der Waals surface area contributed by atoms with Gasteiger partial charge in [-0.1, -0.05) is 30.3 Å². The standard InChI is InChI=1S/C14H13NO3/c1-10-12(9-14(16)17)15-13(18-10)8-7-11-5-3-2-4-6-11/h2-8H,9H2,1H3,(H,16,17). The Morgan fingerprint density at radius 1 is 1.33 bits per heavy atom. The molecule has 2 rings (SSSR count). The number of nitrogens with zero attached hydrogens (tertiary/aromatic N) is 1. The van der Waals surface area contributed by atoms with Crippen LogP contribution in [0.2, 0.25) is 0 Å². The number of oxazole rings is 1. The fourth-order valence-electron chi connectivity index (χ4n) is 1.56. The van der Waals surface area contributed by atoms with Crippen molar-refractivity contribution in [2.24, 2.45) is 0 Å². The van der Waals surface area contributed by atoms with Crippen molar-refractivity contribution in [1.29, 1.82) is 0 Å². The van der Waals surface area contributed by atoms with Crippen molar-refractivity contribution >= 4 is 18.1 Å². The van der Waals surface area contributed by atoms with Crippen LogP contribution in [0.1, 0.15) is 22.9 Å². The lowest BCUT2D eigenvalue weighted by atomic mass is 10.2. The van der Waals surface area contributed by atoms with E-state index in [4.69, 9.17) is 9.52 Å². The van der Waals surface area contributed by atoms with Crippen LogP contribution in [0.25, 0.3) is 12.2 Å². The minimum absolute atomic E-state index is 0.117. The van der Waals surface area contributed by atoms with Crippen molar-refractivity contribution < 1.29 is 14.3 Å². The summed E-state index contributed by atoms with van der Waals surface area (Å²) in [6.45, 7) is 1.71. The number of benzene rings is 1. The first-order chi connectivity index (χ1) is 8.65. The lowest BCUT2D eigenvalue weighted by Crippen LogP contribution is -2.01. The summed E-state index contributed by atoms with van der Waals surface area (Å²) in [6, 6.07) is 9.75. The van der Waals surface area contributed by atoms with Gasteiger partial charge in [0.1, 0.15) is 5.76 Å². The van der Waals surface area contributed by atoms with Crippen LogP contribution in [0.15, 0.2) is 34.7 Å². The largest absolute Gasteiger partial charge is 0.481 e. The molecule has 1 N–H and O–H groups in total. The first-order valence-electron chi connectivity index (χ1n) is 5.56. The average Bonchev–Trinajstić information content (AvgIpc) is 2.68. The van der Waals surface area contributed by atoms with Gasteiger partial charge in [-0.15, -0.1) is 0 Å². The normalized spacial score (nSPS) is 10.9. The molecule has 2 aromatic rings. The maximum absolute atomic E-state index is 10.6. The Kier molecular flexibility index (Phi) is 3.57. The summed E-state index contributed by atoms with van der Waals surface area (Å²) in [6.07, 6.45) is 3.48. The van der Waals surface area contributed by atoms with E-state index in [2.05, 4.69) is 4.98 Å². The topological polar surface area (TPSA) is 63.3 Å². The summed E-state index contributed by atoms with van der Waals surface area (Å²) in [7, 11) is 0. The molecule has 0 radical (unpaired) electrons. The van der Waals surface area contributed by atoms with Crippen molar-refractivity contribution in [3.8, 4) is 0 Å². The van der Waals surface area contributed by atoms with Crippen LogP contribution >= 0.6 is 0 Å². The van der Waals surface area contributed by atoms with Gasteiger partial charge in [-0.25, -0.2) is 4.98 Å². The molecule has 1 heterocycles. The molecule has 4 heteroatoms. The predicted octanol–water partition coefficient (Wildman–Crippen LogP) is 2.78. The molecule has 0 spiro atoms. The molecule has 1 aromatic heterocycles. The van der Waals surface area contributed by atoms with Gasteiger partial charge >= 0.3 is 5.97 Å². The Labute approximate surface area is 105 Å². The number of aromatic nitrogens is 1. The van der Waals surface area contributed by atoms with Gasteiger partial charge in [0.2, 0.25) is 5.89 Å². The lowest BCUT2D eigenvalue weighted by Gasteiger charge is -1.89. The molecule has 4 nitrogen and oxygen atoms in total. The molecule has 1 aromatic carbocycles. The smallest absolute Gasteiger partial charge is 0.309 e. The SMILES string of the molecule is Cc1oc(C=Cc2ccccc2)nc1CC(=O)O. The Hall–Kier alpha value is -2.36. The second-order valence-corrected chi connectivity index (χ2v) is 3.87. The van der Waals surface area contributed by atoms with Crippen LogP contribution in [0.4, 0.5) is 0 Å². The molecule has 0 saturated carbocycles. The van der Waals surface area contributed by atoms with E-state index in [0.29, 0.717) is 17.3 Å². The molecule has 0 aliphatic rings. The van der Waals surface area contributed by atoms with Gasteiger partial charge in [0, 0.05) is 6.08 Å². The minimum atomic E-state index is -0.912. The number of aliphatic carboxylic acids is 1. The maximum Gasteiger partial charge on any atom is 0.309 e. The predicted molar refractivity (Wildman–Crippen MR) is 67.9 cm³/mol. The summed E-state index contributed by atoms with van der Waals surface area (Å²) in [4.78, 5) is 14.7. The quantitative estimate of drug-likeness (QED) is 0.896. The van der Waals surface area contributed by atoms with Crippen molar-refractivity contribution in [2.75, 3.05) is 0 Å². The van der Waals surface area contributed by atoms with Crippen molar-refractivity contribution in [3.05, 3.63) is 53.2 Å². The second-order valence-electron chi connectivity index (χ2n) is 3.87. The molecule has 0 unspecified atom stereocenters. The monoisotopic (exact) mass is 243 g/mol. The molecular weight excluding hydrogens is 230 g/mol. The summed E-state index contributed by atoms with van der Waals surface area (Å²) < 4.78 is 5.38. The van der Waals surface area contributed by atoms with Crippen molar-refractivity contribution in [3.63, 3.8) is 0 Å². The number of hydrogen-bond acceptors (Lipinski definition) is 3. The average molecular weight is 243 g/mol. The van der Waals surface area contributed by atoms with E-state index in [1.54, 1.807) is 13.0 Å². The number of aryl methyl sites for hydroxylation is 1. The highest BCUT2D eigenvalue weighted by Crippen LogP contribution is 2.13. The van der Waals surface area contributed by atoms with Gasteiger partial charge in [0.25, 0.3) is 0 Å². The Morgan fingerprint density at radius 2 is 2.06 bits per heavy atom. The highest BCUT2D eigenvalue weighted by Gasteiger charge is 2.10. The zero-order valence-electron chi connectivity index (χ0n) is 9.96. The zero-order valence-corrected chi connectivity index (χ0v) is 9.96. The van der Waals surface area contributed by atoms with Crippen LogP contribution in [-0.4, -0.2) is 16.1 Å². The molecule has 18 heavy (non-hydrogen) atoms. The summed E-state index contributed by atoms with van der Waals surface area (Å²) in [5, 5.41) is 8.71. The summed E-state index contributed by atoms with van der Waals surface area (Å²) >= 11 is 0. The Balaban J connectivity index is 2.15. The molecule has 0 atom stereocenters. The molecule has 0 amide bonds. The number of hydrogen-bond donors (Lipinski definition) is 1. The van der Waals surface area contributed by atoms with Crippen LogP contribution in [0.5, 0.6) is 0 Å². The summed E-state index contributed by atoms with van der Waals surface area (Å²) in [5.74, 6) is 0.0581. The fourth-order valence-corrected chi connectivity index (χ4v) is 1.56. The van der Waals surface area contributed by atoms with E-state index >= 15 is 0 Å². The number of rotatable bonds is 4. The Bertz CT molecular complexity index is 570. The van der Waals surface area contributed by atoms with Crippen LogP contribution in [-0.2, 0) is 11.2 Å². The van der Waals surface area contributed by atoms with Crippen molar-refractivity contribution in [1.82, 2.24) is 4.98 Å². The van der Waals surface area contributed by atoms with Crippen LogP contribution in [0.3, 0.4) is 0 Å². The molecule has 0 fully saturated rings. The lowest BCUT2D eigenvalue weighted by molar-refractivity contribution is -0.136. The Morgan fingerprint density at radius 3 is 2.72 bits per heavy atom. The molecule has 0 aliphatic heterocycles. The van der Waals surface area contributed by atoms with Gasteiger partial charge < -0.3 is 9.52 Å². The summed E-state index contributed by atoms with van der Waals surface area (Å²) in [5.41, 5.74) is 1.50. The molecule has 0 aliphatic carbocycles. The van der Waals surface area contributed by atoms with Crippen molar-refractivity contribution in [2.45, 2.75) is 13.3 Å². The van der Waals surface area contributed by atoms with E-state index < -0.39 is 5.97 Å². The molecular formula is C14H13NO3. The van der Waals surface area contributed by atoms with E-state index in [0.717, 1.165) is 5.56 Å². The fraction of sp³-hybridized carbons (Fsp3) is 0.143.